The molecule has 1 saturated carbocycles. The van der Waals surface area contributed by atoms with Gasteiger partial charge in [-0.3, -0.25) is 4.79 Å². The Kier molecular flexibility index (Phi) is 36.8. The van der Waals surface area contributed by atoms with Crippen LogP contribution in [0.2, 0.25) is 0 Å². The third kappa shape index (κ3) is 23.0. The molecule has 0 unspecified atom stereocenters. The van der Waals surface area contributed by atoms with Crippen molar-refractivity contribution in [1.29, 1.82) is 0 Å². The van der Waals surface area contributed by atoms with Gasteiger partial charge in [0.25, 0.3) is 0 Å². The van der Waals surface area contributed by atoms with E-state index in [0.717, 1.165) is 0 Å². The van der Waals surface area contributed by atoms with E-state index in [4.69, 9.17) is 9.30 Å². The van der Waals surface area contributed by atoms with Gasteiger partial charge in [-0.1, -0.05) is 6.08 Å². The summed E-state index contributed by atoms with van der Waals surface area (Å²) in [7, 11) is 1.31. The van der Waals surface area contributed by atoms with E-state index >= 15 is 0 Å². The van der Waals surface area contributed by atoms with Gasteiger partial charge in [-0.15, -0.1) is 6.58 Å². The number of hydrogen-bond acceptors (Lipinski definition) is 2. The number of ether oxygens (including phenoxy) is 1. The number of carbonyl (C=O) groups excluding carboxylic acids is 1. The molecule has 0 aromatic heterocycles. The van der Waals surface area contributed by atoms with E-state index in [1.54, 1.807) is 0 Å². The van der Waals surface area contributed by atoms with Crippen molar-refractivity contribution in [2.45, 2.75) is 0 Å². The zero-order chi connectivity index (χ0) is 14.8. The third-order valence-corrected chi connectivity index (χ3v) is 1.32. The van der Waals surface area contributed by atoms with E-state index in [1.165, 1.54) is 19.6 Å². The largest absolute Gasteiger partial charge is 0.469 e. The SMILES string of the molecule is [C-]#[O+].[C-]#[O+].[CH2][C]([CH]C=C)C(=O)OC.[CH]1[CH][CH][CH][CH]1.[W]. The van der Waals surface area contributed by atoms with Crippen LogP contribution in [0.1, 0.15) is 0 Å². The Morgan fingerprint density at radius 3 is 1.63 bits per heavy atom. The molecule has 0 aliphatic heterocycles. The summed E-state index contributed by atoms with van der Waals surface area (Å²) >= 11 is 0. The number of rotatable bonds is 3. The van der Waals surface area contributed by atoms with Gasteiger partial charge in [0.2, 0.25) is 0 Å². The standard InChI is InChI=1S/C7H9O2.C5H5.2CO.W/c1-4-5-6(2)7(8)9-3;1-2-4-5-3-1;2*1-2;/h4-5H,1-2H2,3H3;1-5H;;;. The first-order chi connectivity index (χ1) is 8.72. The van der Waals surface area contributed by atoms with Gasteiger partial charge in [-0.2, -0.15) is 0 Å². The molecule has 0 aromatic carbocycles. The van der Waals surface area contributed by atoms with Gasteiger partial charge >= 0.3 is 28.6 Å². The Hall–Kier alpha value is -0.622. The van der Waals surface area contributed by atoms with Gasteiger partial charge < -0.3 is 4.74 Å². The Bertz CT molecular complexity index is 218. The van der Waals surface area contributed by atoms with Gasteiger partial charge in [0.1, 0.15) is 0 Å². The van der Waals surface area contributed by atoms with Crippen molar-refractivity contribution in [2.24, 2.45) is 0 Å². The molecule has 0 aromatic rings. The summed E-state index contributed by atoms with van der Waals surface area (Å²) in [6.07, 6.45) is 13.0. The smallest absolute Gasteiger partial charge is 0.313 e. The zero-order valence-corrected chi connectivity index (χ0v) is 13.4. The molecule has 0 saturated heterocycles. The Morgan fingerprint density at radius 2 is 1.42 bits per heavy atom. The fourth-order valence-electron chi connectivity index (χ4n) is 0.662. The monoisotopic (exact) mass is 430 g/mol. The maximum absolute atomic E-state index is 10.5. The average Bonchev–Trinajstić information content (AvgIpc) is 3.02. The van der Waals surface area contributed by atoms with Gasteiger partial charge in [-0.05, 0) is 39.0 Å². The van der Waals surface area contributed by atoms with Crippen molar-refractivity contribution in [3.8, 4) is 0 Å². The van der Waals surface area contributed by atoms with E-state index < -0.39 is 5.97 Å². The average molecular weight is 430 g/mol. The third-order valence-electron chi connectivity index (χ3n) is 1.32. The van der Waals surface area contributed by atoms with Gasteiger partial charge in [0.15, 0.2) is 0 Å². The maximum Gasteiger partial charge on any atom is 0.313 e. The van der Waals surface area contributed by atoms with Crippen molar-refractivity contribution in [3.63, 3.8) is 0 Å². The Morgan fingerprint density at radius 1 is 1.11 bits per heavy atom. The first-order valence-electron chi connectivity index (χ1n) is 4.53. The van der Waals surface area contributed by atoms with Crippen LogP contribution in [0, 0.1) is 64.7 Å². The van der Waals surface area contributed by atoms with Crippen LogP contribution in [0.5, 0.6) is 0 Å². The quantitative estimate of drug-likeness (QED) is 0.390. The van der Waals surface area contributed by atoms with E-state index in [1.807, 2.05) is 32.1 Å². The molecular weight excluding hydrogens is 416 g/mol. The first kappa shape index (κ1) is 26.8. The first-order valence-corrected chi connectivity index (χ1v) is 4.53. The zero-order valence-electron chi connectivity index (χ0n) is 10.5. The molecule has 0 bridgehead atoms. The van der Waals surface area contributed by atoms with Crippen molar-refractivity contribution < 1.29 is 39.9 Å². The minimum atomic E-state index is -0.421. The fraction of sp³-hybridized carbons (Fsp3) is 0.0714. The van der Waals surface area contributed by atoms with Crippen LogP contribution in [0.15, 0.2) is 12.7 Å². The summed E-state index contributed by atoms with van der Waals surface area (Å²) < 4.78 is 19.3. The van der Waals surface area contributed by atoms with Crippen molar-refractivity contribution >= 4 is 5.97 Å². The topological polar surface area (TPSA) is 66.1 Å². The van der Waals surface area contributed by atoms with Crippen LogP contribution in [0.3, 0.4) is 0 Å². The molecule has 0 atom stereocenters. The summed E-state index contributed by atoms with van der Waals surface area (Å²) in [6, 6.07) is 0. The van der Waals surface area contributed by atoms with Crippen molar-refractivity contribution in [2.75, 3.05) is 7.11 Å². The van der Waals surface area contributed by atoms with Crippen LogP contribution in [-0.2, 0) is 39.9 Å². The molecule has 4 nitrogen and oxygen atoms in total. The summed E-state index contributed by atoms with van der Waals surface area (Å²) in [6.45, 7) is 15.8. The van der Waals surface area contributed by atoms with E-state index in [9.17, 15) is 4.79 Å². The molecule has 8 radical (unpaired) electrons. The van der Waals surface area contributed by atoms with Gasteiger partial charge in [0.05, 0.1) is 13.0 Å². The van der Waals surface area contributed by atoms with E-state index in [0.29, 0.717) is 5.92 Å². The summed E-state index contributed by atoms with van der Waals surface area (Å²) in [5.74, 6) is -0.109. The molecule has 1 aliphatic rings. The van der Waals surface area contributed by atoms with Crippen LogP contribution >= 0.6 is 0 Å². The predicted molar refractivity (Wildman–Crippen MR) is 64.5 cm³/mol. The summed E-state index contributed by atoms with van der Waals surface area (Å²) in [5.41, 5.74) is 0. The Labute approximate surface area is 130 Å². The van der Waals surface area contributed by atoms with Gasteiger partial charge in [0, 0.05) is 27.5 Å². The molecule has 100 valence electrons. The number of methoxy groups -OCH3 is 1. The molecule has 1 aliphatic carbocycles. The van der Waals surface area contributed by atoms with Crippen LogP contribution in [-0.4, -0.2) is 13.1 Å². The summed E-state index contributed by atoms with van der Waals surface area (Å²) in [5, 5.41) is 0. The molecule has 0 heterocycles. The molecule has 5 heteroatoms. The van der Waals surface area contributed by atoms with Crippen LogP contribution in [0.4, 0.5) is 0 Å². The second-order valence-corrected chi connectivity index (χ2v) is 2.38. The van der Waals surface area contributed by atoms with Gasteiger partial charge in [-0.25, -0.2) is 0 Å². The number of allylic oxidation sites excluding steroid dienone is 1. The van der Waals surface area contributed by atoms with Crippen LogP contribution < -0.4 is 0 Å². The molecule has 0 amide bonds. The van der Waals surface area contributed by atoms with Crippen LogP contribution in [0.25, 0.3) is 0 Å². The normalized spacial score (nSPS) is 10.9. The van der Waals surface area contributed by atoms with E-state index in [-0.39, 0.29) is 21.1 Å². The van der Waals surface area contributed by atoms with Crippen molar-refractivity contribution in [1.82, 2.24) is 0 Å². The maximum atomic E-state index is 10.5. The molecular formula is C14H14O4W. The molecule has 0 spiro atoms. The number of hydrogen-bond donors (Lipinski definition) is 0. The molecule has 1 rings (SSSR count). The number of esters is 1. The molecule has 0 N–H and O–H groups in total. The second-order valence-electron chi connectivity index (χ2n) is 2.38. The Balaban J connectivity index is -0.0000000956. The minimum Gasteiger partial charge on any atom is -0.469 e. The fourth-order valence-corrected chi connectivity index (χ4v) is 0.662. The minimum absolute atomic E-state index is 0. The van der Waals surface area contributed by atoms with Crippen molar-refractivity contribution in [3.05, 3.63) is 77.3 Å². The number of carbonyl (C=O) groups is 1. The molecule has 1 fully saturated rings. The molecule has 19 heavy (non-hydrogen) atoms. The predicted octanol–water partition coefficient (Wildman–Crippen LogP) is 1.90. The summed E-state index contributed by atoms with van der Waals surface area (Å²) in [4.78, 5) is 10.5. The van der Waals surface area contributed by atoms with E-state index in [2.05, 4.69) is 31.5 Å². The second kappa shape index (κ2) is 26.0.